The van der Waals surface area contributed by atoms with E-state index in [1.165, 1.54) is 0 Å². The van der Waals surface area contributed by atoms with Gasteiger partial charge in [0.15, 0.2) is 5.96 Å². The normalized spacial score (nSPS) is 17.7. The molecule has 1 heterocycles. The summed E-state index contributed by atoms with van der Waals surface area (Å²) in [6.07, 6.45) is 2.11. The highest BCUT2D eigenvalue weighted by molar-refractivity contribution is 7.88. The van der Waals surface area contributed by atoms with Crippen LogP contribution in [0.1, 0.15) is 27.2 Å². The molecule has 1 aromatic rings. The Balaban J connectivity index is 2.04. The van der Waals surface area contributed by atoms with Gasteiger partial charge in [0.25, 0.3) is 0 Å². The molecule has 170 valence electrons. The van der Waals surface area contributed by atoms with E-state index in [4.69, 9.17) is 9.47 Å². The molecule has 1 saturated heterocycles. The van der Waals surface area contributed by atoms with Gasteiger partial charge in [0.1, 0.15) is 11.5 Å². The highest BCUT2D eigenvalue weighted by atomic mass is 32.2. The summed E-state index contributed by atoms with van der Waals surface area (Å²) in [4.78, 5) is 6.87. The number of guanidine groups is 1. The van der Waals surface area contributed by atoms with E-state index in [0.717, 1.165) is 49.5 Å². The second-order valence-electron chi connectivity index (χ2n) is 8.10. The Hall–Kier alpha value is -2.20. The first kappa shape index (κ1) is 24.1. The summed E-state index contributed by atoms with van der Waals surface area (Å²) in [7, 11) is -0.0110. The number of benzene rings is 1. The molecule has 1 fully saturated rings. The number of ether oxygens (including phenoxy) is 2. The monoisotopic (exact) mass is 441 g/mol. The van der Waals surface area contributed by atoms with Gasteiger partial charge in [-0.15, -0.1) is 0 Å². The van der Waals surface area contributed by atoms with Crippen molar-refractivity contribution < 1.29 is 17.9 Å². The van der Waals surface area contributed by atoms with Gasteiger partial charge in [-0.2, -0.15) is 0 Å². The fraction of sp³-hybridized carbons (Fsp3) is 0.650. The highest BCUT2D eigenvalue weighted by Crippen LogP contribution is 2.30. The summed E-state index contributed by atoms with van der Waals surface area (Å²) >= 11 is 0. The van der Waals surface area contributed by atoms with Gasteiger partial charge >= 0.3 is 0 Å². The van der Waals surface area contributed by atoms with E-state index in [1.54, 1.807) is 14.2 Å². The van der Waals surface area contributed by atoms with E-state index in [0.29, 0.717) is 12.5 Å². The molecule has 0 aromatic heterocycles. The maximum absolute atomic E-state index is 11.5. The van der Waals surface area contributed by atoms with Crippen LogP contribution in [0.15, 0.2) is 23.2 Å². The maximum Gasteiger partial charge on any atom is 0.209 e. The average molecular weight is 442 g/mol. The molecule has 0 aliphatic carbocycles. The minimum absolute atomic E-state index is 0.214. The Kier molecular flexibility index (Phi) is 8.19. The Labute approximate surface area is 180 Å². The predicted molar refractivity (Wildman–Crippen MR) is 121 cm³/mol. The first-order chi connectivity index (χ1) is 14.0. The van der Waals surface area contributed by atoms with Gasteiger partial charge in [-0.05, 0) is 27.2 Å². The first-order valence-corrected chi connectivity index (χ1v) is 12.0. The first-order valence-electron chi connectivity index (χ1n) is 10.1. The lowest BCUT2D eigenvalue weighted by molar-refractivity contribution is 0.394. The van der Waals surface area contributed by atoms with Crippen molar-refractivity contribution in [3.05, 3.63) is 18.2 Å². The summed E-state index contributed by atoms with van der Waals surface area (Å²) < 4.78 is 36.5. The van der Waals surface area contributed by atoms with Gasteiger partial charge in [-0.3, -0.25) is 4.99 Å². The van der Waals surface area contributed by atoms with Crippen molar-refractivity contribution in [3.63, 3.8) is 0 Å². The van der Waals surface area contributed by atoms with Crippen molar-refractivity contribution in [1.29, 1.82) is 0 Å². The third-order valence-corrected chi connectivity index (χ3v) is 5.59. The lowest BCUT2D eigenvalue weighted by Gasteiger charge is -2.24. The molecule has 1 aliphatic heterocycles. The van der Waals surface area contributed by atoms with Crippen LogP contribution in [0.4, 0.5) is 5.69 Å². The fourth-order valence-corrected chi connectivity index (χ4v) is 4.48. The van der Waals surface area contributed by atoms with Crippen molar-refractivity contribution in [1.82, 2.24) is 15.4 Å². The number of anilines is 1. The van der Waals surface area contributed by atoms with Gasteiger partial charge in [0.2, 0.25) is 10.0 Å². The smallest absolute Gasteiger partial charge is 0.209 e. The number of sulfonamides is 1. The Morgan fingerprint density at radius 3 is 2.40 bits per heavy atom. The molecule has 10 heteroatoms. The average Bonchev–Trinajstić information content (AvgIpc) is 3.12. The molecule has 2 rings (SSSR count). The van der Waals surface area contributed by atoms with Gasteiger partial charge in [0, 0.05) is 55.1 Å². The summed E-state index contributed by atoms with van der Waals surface area (Å²) in [6.45, 7) is 8.37. The maximum atomic E-state index is 11.5. The van der Waals surface area contributed by atoms with E-state index in [1.807, 2.05) is 39.0 Å². The van der Waals surface area contributed by atoms with Crippen LogP contribution in [0, 0.1) is 0 Å². The number of rotatable bonds is 9. The molecule has 3 N–H and O–H groups in total. The van der Waals surface area contributed by atoms with E-state index in [-0.39, 0.29) is 6.04 Å². The zero-order valence-corrected chi connectivity index (χ0v) is 19.6. The van der Waals surface area contributed by atoms with Crippen molar-refractivity contribution in [2.75, 3.05) is 51.6 Å². The standard InChI is InChI=1S/C20H35N5O4S/c1-7-21-19(22-14-20(2,3)24-30(6,26)27)23-15-8-9-25(13-15)16-10-17(28-4)12-18(11-16)29-5/h10-12,15,24H,7-9,13-14H2,1-6H3,(H2,21,22,23). The van der Waals surface area contributed by atoms with E-state index < -0.39 is 15.6 Å². The molecule has 0 radical (unpaired) electrons. The minimum atomic E-state index is -3.30. The van der Waals surface area contributed by atoms with Crippen LogP contribution in [0.5, 0.6) is 11.5 Å². The highest BCUT2D eigenvalue weighted by Gasteiger charge is 2.25. The Morgan fingerprint density at radius 2 is 1.87 bits per heavy atom. The number of nitrogens with one attached hydrogen (secondary N) is 3. The zero-order chi connectivity index (χ0) is 22.4. The van der Waals surface area contributed by atoms with Crippen LogP contribution in [0.2, 0.25) is 0 Å². The number of aliphatic imine (C=N–C) groups is 1. The van der Waals surface area contributed by atoms with E-state index >= 15 is 0 Å². The molecule has 0 bridgehead atoms. The largest absolute Gasteiger partial charge is 0.497 e. The van der Waals surface area contributed by atoms with Crippen LogP contribution in [0.3, 0.4) is 0 Å². The van der Waals surface area contributed by atoms with Crippen LogP contribution in [-0.4, -0.2) is 72.6 Å². The lowest BCUT2D eigenvalue weighted by Crippen LogP contribution is -2.48. The molecule has 1 atom stereocenters. The number of methoxy groups -OCH3 is 2. The van der Waals surface area contributed by atoms with Crippen molar-refractivity contribution in [2.24, 2.45) is 4.99 Å². The van der Waals surface area contributed by atoms with Gasteiger partial charge < -0.3 is 25.0 Å². The molecule has 9 nitrogen and oxygen atoms in total. The molecular formula is C20H35N5O4S. The summed E-state index contributed by atoms with van der Waals surface area (Å²) in [5.41, 5.74) is 0.380. The van der Waals surface area contributed by atoms with Crippen molar-refractivity contribution in [2.45, 2.75) is 38.8 Å². The molecule has 0 saturated carbocycles. The van der Waals surface area contributed by atoms with Gasteiger partial charge in [0.05, 0.1) is 27.0 Å². The minimum Gasteiger partial charge on any atom is -0.497 e. The van der Waals surface area contributed by atoms with E-state index in [2.05, 4.69) is 25.2 Å². The lowest BCUT2D eigenvalue weighted by atomic mass is 10.1. The Bertz CT molecular complexity index is 819. The third kappa shape index (κ3) is 7.56. The summed E-state index contributed by atoms with van der Waals surface area (Å²) in [5, 5.41) is 6.71. The molecule has 30 heavy (non-hydrogen) atoms. The topological polar surface area (TPSA) is 104 Å². The fourth-order valence-electron chi connectivity index (χ4n) is 3.41. The summed E-state index contributed by atoms with van der Waals surface area (Å²) in [6, 6.07) is 6.08. The number of hydrogen-bond acceptors (Lipinski definition) is 6. The van der Waals surface area contributed by atoms with Crippen LogP contribution < -0.4 is 29.7 Å². The number of hydrogen-bond donors (Lipinski definition) is 3. The molecule has 1 aliphatic rings. The van der Waals surface area contributed by atoms with Crippen LogP contribution >= 0.6 is 0 Å². The molecule has 1 unspecified atom stereocenters. The van der Waals surface area contributed by atoms with Crippen molar-refractivity contribution >= 4 is 21.7 Å². The third-order valence-electron chi connectivity index (χ3n) is 4.67. The second kappa shape index (κ2) is 10.2. The second-order valence-corrected chi connectivity index (χ2v) is 9.85. The van der Waals surface area contributed by atoms with Crippen molar-refractivity contribution in [3.8, 4) is 11.5 Å². The van der Waals surface area contributed by atoms with Gasteiger partial charge in [-0.25, -0.2) is 13.1 Å². The van der Waals surface area contributed by atoms with Gasteiger partial charge in [-0.1, -0.05) is 0 Å². The van der Waals surface area contributed by atoms with Crippen LogP contribution in [-0.2, 0) is 10.0 Å². The number of nitrogens with zero attached hydrogens (tertiary/aromatic N) is 2. The summed E-state index contributed by atoms with van der Waals surface area (Å²) in [5.74, 6) is 2.20. The molecule has 0 spiro atoms. The van der Waals surface area contributed by atoms with Crippen LogP contribution in [0.25, 0.3) is 0 Å². The molecule has 1 aromatic carbocycles. The molecule has 0 amide bonds. The quantitative estimate of drug-likeness (QED) is 0.390. The molecular weight excluding hydrogens is 406 g/mol. The Morgan fingerprint density at radius 1 is 1.23 bits per heavy atom. The predicted octanol–water partition coefficient (Wildman–Crippen LogP) is 1.17. The zero-order valence-electron chi connectivity index (χ0n) is 18.8. The van der Waals surface area contributed by atoms with E-state index in [9.17, 15) is 8.42 Å². The SMILES string of the molecule is CCNC(=NCC(C)(C)NS(C)(=O)=O)NC1CCN(c2cc(OC)cc(OC)c2)C1.